The van der Waals surface area contributed by atoms with Gasteiger partial charge in [-0.15, -0.1) is 0 Å². The molecule has 0 saturated carbocycles. The molecule has 0 aromatic carbocycles. The van der Waals surface area contributed by atoms with Crippen molar-refractivity contribution in [3.63, 3.8) is 0 Å². The van der Waals surface area contributed by atoms with Crippen molar-refractivity contribution in [3.05, 3.63) is 18.3 Å². The van der Waals surface area contributed by atoms with Gasteiger partial charge < -0.3 is 20.5 Å². The number of aromatic nitrogens is 1. The molecule has 2 atom stereocenters. The molecule has 82 valence electrons. The van der Waals surface area contributed by atoms with Crippen molar-refractivity contribution in [2.45, 2.75) is 12.1 Å². The molecular weight excluding hydrogens is 194 g/mol. The average Bonchev–Trinajstić information content (AvgIpc) is 2.60. The first-order chi connectivity index (χ1) is 7.22. The van der Waals surface area contributed by atoms with Gasteiger partial charge in [0.1, 0.15) is 0 Å². The van der Waals surface area contributed by atoms with Gasteiger partial charge in [-0.3, -0.25) is 0 Å². The maximum Gasteiger partial charge on any atom is 0.171 e. The summed E-state index contributed by atoms with van der Waals surface area (Å²) in [5.74, 6) is 0.758. The first-order valence-corrected chi connectivity index (χ1v) is 4.89. The minimum Gasteiger partial charge on any atom is -0.504 e. The summed E-state index contributed by atoms with van der Waals surface area (Å²) < 4.78 is 5.24. The topological polar surface area (TPSA) is 71.6 Å². The lowest BCUT2D eigenvalue weighted by Gasteiger charge is -2.17. The van der Waals surface area contributed by atoms with Gasteiger partial charge in [-0.1, -0.05) is 0 Å². The first-order valence-electron chi connectivity index (χ1n) is 4.89. The Hall–Kier alpha value is -1.33. The monoisotopic (exact) mass is 209 g/mol. The fourth-order valence-corrected chi connectivity index (χ4v) is 1.85. The summed E-state index contributed by atoms with van der Waals surface area (Å²) in [6.45, 7) is 1.32. The molecule has 0 bridgehead atoms. The predicted molar refractivity (Wildman–Crippen MR) is 56.9 cm³/mol. The van der Waals surface area contributed by atoms with Crippen molar-refractivity contribution in [1.82, 2.24) is 4.98 Å². The largest absolute Gasteiger partial charge is 0.504 e. The molecule has 0 spiro atoms. The van der Waals surface area contributed by atoms with Crippen LogP contribution in [0, 0.1) is 0 Å². The minimum absolute atomic E-state index is 0.00593. The number of anilines is 1. The Balaban J connectivity index is 2.17. The standard InChI is InChI=1S/C10H15N3O2/c1-15-9-6-13(5-7(9)11)10-8(14)3-2-4-12-10/h2-4,7,9,14H,5-6,11H2,1H3. The summed E-state index contributed by atoms with van der Waals surface area (Å²) in [7, 11) is 1.65. The van der Waals surface area contributed by atoms with Crippen LogP contribution in [0.3, 0.4) is 0 Å². The Morgan fingerprint density at radius 3 is 3.00 bits per heavy atom. The van der Waals surface area contributed by atoms with Gasteiger partial charge in [-0.25, -0.2) is 4.98 Å². The molecule has 5 heteroatoms. The molecule has 1 aliphatic rings. The van der Waals surface area contributed by atoms with E-state index in [4.69, 9.17) is 10.5 Å². The van der Waals surface area contributed by atoms with Crippen molar-refractivity contribution < 1.29 is 9.84 Å². The summed E-state index contributed by atoms with van der Waals surface area (Å²) >= 11 is 0. The fraction of sp³-hybridized carbons (Fsp3) is 0.500. The van der Waals surface area contributed by atoms with Crippen molar-refractivity contribution in [2.24, 2.45) is 5.73 Å². The Labute approximate surface area is 88.5 Å². The first kappa shape index (κ1) is 10.2. The lowest BCUT2D eigenvalue weighted by atomic mass is 10.2. The van der Waals surface area contributed by atoms with Gasteiger partial charge in [0.05, 0.1) is 12.1 Å². The van der Waals surface area contributed by atoms with Crippen LogP contribution in [0.4, 0.5) is 5.82 Å². The maximum absolute atomic E-state index is 9.63. The van der Waals surface area contributed by atoms with Gasteiger partial charge in [0.25, 0.3) is 0 Å². The van der Waals surface area contributed by atoms with E-state index in [1.165, 1.54) is 0 Å². The highest BCUT2D eigenvalue weighted by atomic mass is 16.5. The third kappa shape index (κ3) is 1.88. The number of ether oxygens (including phenoxy) is 1. The number of nitrogens with two attached hydrogens (primary N) is 1. The molecule has 1 aromatic rings. The molecule has 1 aromatic heterocycles. The smallest absolute Gasteiger partial charge is 0.171 e. The highest BCUT2D eigenvalue weighted by Gasteiger charge is 2.31. The fourth-order valence-electron chi connectivity index (χ4n) is 1.85. The van der Waals surface area contributed by atoms with Gasteiger partial charge in [-0.05, 0) is 12.1 Å². The SMILES string of the molecule is COC1CN(c2ncccc2O)CC1N. The molecule has 0 amide bonds. The lowest BCUT2D eigenvalue weighted by molar-refractivity contribution is 0.108. The van der Waals surface area contributed by atoms with Crippen LogP contribution in [0.25, 0.3) is 0 Å². The minimum atomic E-state index is -0.0311. The second-order valence-electron chi connectivity index (χ2n) is 3.69. The normalized spacial score (nSPS) is 25.9. The van der Waals surface area contributed by atoms with Crippen LogP contribution in [0.5, 0.6) is 5.75 Å². The Morgan fingerprint density at radius 1 is 1.60 bits per heavy atom. The number of nitrogens with zero attached hydrogens (tertiary/aromatic N) is 2. The van der Waals surface area contributed by atoms with Crippen molar-refractivity contribution in [2.75, 3.05) is 25.1 Å². The highest BCUT2D eigenvalue weighted by molar-refractivity contribution is 5.52. The van der Waals surface area contributed by atoms with E-state index in [1.807, 2.05) is 4.90 Å². The number of hydrogen-bond donors (Lipinski definition) is 2. The van der Waals surface area contributed by atoms with Crippen molar-refractivity contribution in [3.8, 4) is 5.75 Å². The molecule has 15 heavy (non-hydrogen) atoms. The molecule has 1 saturated heterocycles. The van der Waals surface area contributed by atoms with Crippen molar-refractivity contribution in [1.29, 1.82) is 0 Å². The zero-order valence-electron chi connectivity index (χ0n) is 8.63. The summed E-state index contributed by atoms with van der Waals surface area (Å²) in [6, 6.07) is 3.28. The summed E-state index contributed by atoms with van der Waals surface area (Å²) in [5.41, 5.74) is 5.89. The highest BCUT2D eigenvalue weighted by Crippen LogP contribution is 2.26. The van der Waals surface area contributed by atoms with Crippen LogP contribution >= 0.6 is 0 Å². The Morgan fingerprint density at radius 2 is 2.40 bits per heavy atom. The van der Waals surface area contributed by atoms with E-state index < -0.39 is 0 Å². The van der Waals surface area contributed by atoms with Crippen molar-refractivity contribution >= 4 is 5.82 Å². The summed E-state index contributed by atoms with van der Waals surface area (Å²) in [4.78, 5) is 6.07. The molecule has 0 aliphatic carbocycles. The Bertz CT molecular complexity index is 345. The van der Waals surface area contributed by atoms with E-state index in [9.17, 15) is 5.11 Å². The van der Waals surface area contributed by atoms with E-state index in [0.29, 0.717) is 18.9 Å². The van der Waals surface area contributed by atoms with Crippen LogP contribution in [0.15, 0.2) is 18.3 Å². The third-order valence-electron chi connectivity index (χ3n) is 2.68. The van der Waals surface area contributed by atoms with Crippen LogP contribution in [0.1, 0.15) is 0 Å². The molecule has 2 rings (SSSR count). The predicted octanol–water partition coefficient (Wildman–Crippen LogP) is -0.0505. The van der Waals surface area contributed by atoms with Crippen LogP contribution in [0.2, 0.25) is 0 Å². The number of hydrogen-bond acceptors (Lipinski definition) is 5. The number of pyridine rings is 1. The zero-order chi connectivity index (χ0) is 10.8. The average molecular weight is 209 g/mol. The zero-order valence-corrected chi connectivity index (χ0v) is 8.63. The number of rotatable bonds is 2. The molecule has 5 nitrogen and oxygen atoms in total. The van der Waals surface area contributed by atoms with Crippen LogP contribution in [-0.2, 0) is 4.74 Å². The lowest BCUT2D eigenvalue weighted by Crippen LogP contribution is -2.34. The van der Waals surface area contributed by atoms with Gasteiger partial charge in [0.2, 0.25) is 0 Å². The third-order valence-corrected chi connectivity index (χ3v) is 2.68. The Kier molecular flexibility index (Phi) is 2.75. The van der Waals surface area contributed by atoms with E-state index in [0.717, 1.165) is 0 Å². The molecule has 3 N–H and O–H groups in total. The molecule has 1 fully saturated rings. The maximum atomic E-state index is 9.63. The summed E-state index contributed by atoms with van der Waals surface area (Å²) in [5, 5.41) is 9.63. The van der Waals surface area contributed by atoms with E-state index in [1.54, 1.807) is 25.4 Å². The van der Waals surface area contributed by atoms with Gasteiger partial charge >= 0.3 is 0 Å². The van der Waals surface area contributed by atoms with Crippen LogP contribution in [-0.4, -0.2) is 42.4 Å². The van der Waals surface area contributed by atoms with Crippen LogP contribution < -0.4 is 10.6 Å². The molecular formula is C10H15N3O2. The van der Waals surface area contributed by atoms with E-state index in [-0.39, 0.29) is 17.9 Å². The second kappa shape index (κ2) is 4.04. The molecule has 2 unspecified atom stereocenters. The molecule has 2 heterocycles. The summed E-state index contributed by atoms with van der Waals surface area (Å²) in [6.07, 6.45) is 1.66. The van der Waals surface area contributed by atoms with Gasteiger partial charge in [0, 0.05) is 26.4 Å². The quantitative estimate of drug-likeness (QED) is 0.714. The molecule has 1 aliphatic heterocycles. The number of aromatic hydroxyl groups is 1. The van der Waals surface area contributed by atoms with E-state index >= 15 is 0 Å². The van der Waals surface area contributed by atoms with E-state index in [2.05, 4.69) is 4.98 Å². The molecule has 0 radical (unpaired) electrons. The second-order valence-corrected chi connectivity index (χ2v) is 3.69. The van der Waals surface area contributed by atoms with Gasteiger partial charge in [0.15, 0.2) is 11.6 Å². The number of methoxy groups -OCH3 is 1. The van der Waals surface area contributed by atoms with Gasteiger partial charge in [-0.2, -0.15) is 0 Å².